The third kappa shape index (κ3) is 7.51. The molecule has 0 aliphatic rings. The Morgan fingerprint density at radius 3 is 2.57 bits per heavy atom. The Balaban J connectivity index is 3.83. The van der Waals surface area contributed by atoms with Gasteiger partial charge in [0.15, 0.2) is 0 Å². The highest BCUT2D eigenvalue weighted by molar-refractivity contribution is 5.73. The summed E-state index contributed by atoms with van der Waals surface area (Å²) < 4.78 is 4.68. The molecule has 1 amide bonds. The minimum Gasteiger partial charge on any atom is -0.481 e. The number of hydrogen-bond donors (Lipinski definition) is 3. The summed E-state index contributed by atoms with van der Waals surface area (Å²) in [5.74, 6) is -1.17. The summed E-state index contributed by atoms with van der Waals surface area (Å²) in [6.45, 7) is 1.01. The van der Waals surface area contributed by atoms with Crippen molar-refractivity contribution < 1.29 is 24.5 Å². The van der Waals surface area contributed by atoms with Crippen molar-refractivity contribution in [2.24, 2.45) is 0 Å². The van der Waals surface area contributed by atoms with Crippen molar-refractivity contribution >= 4 is 11.9 Å². The van der Waals surface area contributed by atoms with E-state index in [0.29, 0.717) is 0 Å². The van der Waals surface area contributed by atoms with Gasteiger partial charge in [-0.25, -0.2) is 0 Å². The first-order chi connectivity index (χ1) is 6.56. The van der Waals surface area contributed by atoms with E-state index in [2.05, 4.69) is 10.1 Å². The maximum absolute atomic E-state index is 10.7. The van der Waals surface area contributed by atoms with Gasteiger partial charge < -0.3 is 20.3 Å². The summed E-state index contributed by atoms with van der Waals surface area (Å²) in [4.78, 5) is 20.9. The van der Waals surface area contributed by atoms with Crippen molar-refractivity contribution in [3.63, 3.8) is 0 Å². The van der Waals surface area contributed by atoms with Crippen LogP contribution in [0.4, 0.5) is 0 Å². The Bertz CT molecular complexity index is 194. The molecule has 3 N–H and O–H groups in total. The molecular weight excluding hydrogens is 190 g/mol. The number of carbonyl (C=O) groups is 2. The number of carbonyl (C=O) groups excluding carboxylic acids is 1. The highest BCUT2D eigenvalue weighted by Crippen LogP contribution is 1.98. The van der Waals surface area contributed by atoms with Crippen LogP contribution in [0.2, 0.25) is 0 Å². The first-order valence-electron chi connectivity index (χ1n) is 4.23. The summed E-state index contributed by atoms with van der Waals surface area (Å²) in [6.07, 6.45) is 0.245. The zero-order valence-electron chi connectivity index (χ0n) is 8.02. The van der Waals surface area contributed by atoms with Crippen LogP contribution in [0.25, 0.3) is 0 Å². The predicted octanol–water partition coefficient (Wildman–Crippen LogP) is -0.678. The van der Waals surface area contributed by atoms with E-state index < -0.39 is 12.8 Å². The van der Waals surface area contributed by atoms with Crippen molar-refractivity contribution in [2.45, 2.75) is 25.8 Å². The van der Waals surface area contributed by atoms with Crippen LogP contribution in [0.1, 0.15) is 19.8 Å². The van der Waals surface area contributed by atoms with Gasteiger partial charge in [-0.3, -0.25) is 9.59 Å². The van der Waals surface area contributed by atoms with Gasteiger partial charge >= 0.3 is 5.97 Å². The SMILES string of the molecule is CC(=O)NC(CCC(=O)O)COCO. The molecule has 0 saturated carbocycles. The highest BCUT2D eigenvalue weighted by atomic mass is 16.6. The minimum absolute atomic E-state index is 0.0419. The van der Waals surface area contributed by atoms with Crippen LogP contribution < -0.4 is 5.32 Å². The normalized spacial score (nSPS) is 12.1. The van der Waals surface area contributed by atoms with Gasteiger partial charge in [-0.15, -0.1) is 0 Å². The van der Waals surface area contributed by atoms with Gasteiger partial charge in [0.2, 0.25) is 5.91 Å². The van der Waals surface area contributed by atoms with Crippen LogP contribution in [-0.4, -0.2) is 41.5 Å². The number of amides is 1. The maximum atomic E-state index is 10.7. The maximum Gasteiger partial charge on any atom is 0.303 e. The number of rotatable bonds is 7. The fourth-order valence-corrected chi connectivity index (χ4v) is 0.977. The third-order valence-electron chi connectivity index (χ3n) is 1.52. The van der Waals surface area contributed by atoms with Crippen molar-refractivity contribution in [3.8, 4) is 0 Å². The molecule has 0 aliphatic heterocycles. The molecule has 6 heteroatoms. The Kier molecular flexibility index (Phi) is 6.69. The highest BCUT2D eigenvalue weighted by Gasteiger charge is 2.11. The molecule has 0 rings (SSSR count). The standard InChI is InChI=1S/C8H15NO5/c1-6(11)9-7(4-14-5-10)2-3-8(12)13/h7,10H,2-5H2,1H3,(H,9,11)(H,12,13). The molecule has 0 spiro atoms. The zero-order chi connectivity index (χ0) is 11.0. The lowest BCUT2D eigenvalue weighted by Crippen LogP contribution is -2.37. The number of carboxylic acid groups (broad SMARTS) is 1. The average Bonchev–Trinajstić information content (AvgIpc) is 2.09. The summed E-state index contributed by atoms with van der Waals surface area (Å²) in [7, 11) is 0. The molecule has 0 aromatic heterocycles. The average molecular weight is 205 g/mol. The number of ether oxygens (including phenoxy) is 1. The van der Waals surface area contributed by atoms with Gasteiger partial charge in [-0.1, -0.05) is 0 Å². The first-order valence-corrected chi connectivity index (χ1v) is 4.23. The Hall–Kier alpha value is -1.14. The van der Waals surface area contributed by atoms with E-state index in [9.17, 15) is 9.59 Å². The van der Waals surface area contributed by atoms with E-state index in [-0.39, 0.29) is 31.4 Å². The molecule has 0 bridgehead atoms. The van der Waals surface area contributed by atoms with E-state index in [4.69, 9.17) is 10.2 Å². The van der Waals surface area contributed by atoms with E-state index in [0.717, 1.165) is 0 Å². The number of carboxylic acids is 1. The second kappa shape index (κ2) is 7.28. The lowest BCUT2D eigenvalue weighted by molar-refractivity contribution is -0.137. The minimum atomic E-state index is -0.927. The number of aliphatic carboxylic acids is 1. The van der Waals surface area contributed by atoms with E-state index in [1.807, 2.05) is 0 Å². The van der Waals surface area contributed by atoms with Crippen LogP contribution in [0.15, 0.2) is 0 Å². The number of aliphatic hydroxyl groups is 1. The third-order valence-corrected chi connectivity index (χ3v) is 1.52. The molecule has 1 unspecified atom stereocenters. The van der Waals surface area contributed by atoms with E-state index in [1.54, 1.807) is 0 Å². The lowest BCUT2D eigenvalue weighted by atomic mass is 10.1. The molecule has 1 atom stereocenters. The van der Waals surface area contributed by atoms with Crippen molar-refractivity contribution in [1.82, 2.24) is 5.32 Å². The van der Waals surface area contributed by atoms with Gasteiger partial charge in [0, 0.05) is 13.3 Å². The predicted molar refractivity (Wildman–Crippen MR) is 47.5 cm³/mol. The first kappa shape index (κ1) is 12.9. The van der Waals surface area contributed by atoms with Crippen LogP contribution in [0.3, 0.4) is 0 Å². The number of aliphatic hydroxyl groups excluding tert-OH is 1. The molecule has 6 nitrogen and oxygen atoms in total. The molecule has 0 radical (unpaired) electrons. The second-order valence-corrected chi connectivity index (χ2v) is 2.83. The van der Waals surface area contributed by atoms with Crippen molar-refractivity contribution in [3.05, 3.63) is 0 Å². The Morgan fingerprint density at radius 1 is 1.50 bits per heavy atom. The Labute approximate surface area is 81.9 Å². The fourth-order valence-electron chi connectivity index (χ4n) is 0.977. The molecule has 0 saturated heterocycles. The smallest absolute Gasteiger partial charge is 0.303 e. The molecular formula is C8H15NO5. The van der Waals surface area contributed by atoms with Crippen LogP contribution in [0, 0.1) is 0 Å². The largest absolute Gasteiger partial charge is 0.481 e. The van der Waals surface area contributed by atoms with Gasteiger partial charge in [-0.2, -0.15) is 0 Å². The lowest BCUT2D eigenvalue weighted by Gasteiger charge is -2.16. The molecule has 82 valence electrons. The van der Waals surface area contributed by atoms with E-state index in [1.165, 1.54) is 6.92 Å². The van der Waals surface area contributed by atoms with Crippen LogP contribution >= 0.6 is 0 Å². The Morgan fingerprint density at radius 2 is 2.14 bits per heavy atom. The molecule has 0 heterocycles. The van der Waals surface area contributed by atoms with Crippen molar-refractivity contribution in [2.75, 3.05) is 13.4 Å². The number of nitrogens with one attached hydrogen (secondary N) is 1. The molecule has 0 aromatic carbocycles. The topological polar surface area (TPSA) is 95.9 Å². The van der Waals surface area contributed by atoms with Crippen LogP contribution in [-0.2, 0) is 14.3 Å². The summed E-state index contributed by atoms with van der Waals surface area (Å²) in [5, 5.41) is 19.3. The summed E-state index contributed by atoms with van der Waals surface area (Å²) in [5.41, 5.74) is 0. The van der Waals surface area contributed by atoms with E-state index >= 15 is 0 Å². The van der Waals surface area contributed by atoms with Gasteiger partial charge in [0.25, 0.3) is 0 Å². The van der Waals surface area contributed by atoms with Gasteiger partial charge in [0.05, 0.1) is 12.6 Å². The van der Waals surface area contributed by atoms with Gasteiger partial charge in [0.1, 0.15) is 6.79 Å². The molecule has 0 fully saturated rings. The van der Waals surface area contributed by atoms with Crippen LogP contribution in [0.5, 0.6) is 0 Å². The second-order valence-electron chi connectivity index (χ2n) is 2.83. The quantitative estimate of drug-likeness (QED) is 0.479. The molecule has 0 aromatic rings. The fraction of sp³-hybridized carbons (Fsp3) is 0.750. The van der Waals surface area contributed by atoms with Gasteiger partial charge in [-0.05, 0) is 6.42 Å². The summed E-state index contributed by atoms with van der Waals surface area (Å²) >= 11 is 0. The number of hydrogen-bond acceptors (Lipinski definition) is 4. The summed E-state index contributed by atoms with van der Waals surface area (Å²) in [6, 6.07) is -0.365. The molecule has 14 heavy (non-hydrogen) atoms. The molecule has 0 aliphatic carbocycles. The monoisotopic (exact) mass is 205 g/mol. The zero-order valence-corrected chi connectivity index (χ0v) is 8.02. The van der Waals surface area contributed by atoms with Crippen molar-refractivity contribution in [1.29, 1.82) is 0 Å².